The second-order valence-corrected chi connectivity index (χ2v) is 4.40. The number of nitrogens with two attached hydrogens (primary N) is 1. The minimum absolute atomic E-state index is 0.233. The first-order valence-electron chi connectivity index (χ1n) is 4.65. The third-order valence-electron chi connectivity index (χ3n) is 2.01. The number of hydrogen-bond donors (Lipinski definition) is 2. The van der Waals surface area contributed by atoms with E-state index in [4.69, 9.17) is 18.0 Å². The summed E-state index contributed by atoms with van der Waals surface area (Å²) in [6.45, 7) is 0. The summed E-state index contributed by atoms with van der Waals surface area (Å²) in [5.41, 5.74) is 6.90. The molecule has 0 bridgehead atoms. The maximum atomic E-state index is 11.7. The van der Waals surface area contributed by atoms with Crippen molar-refractivity contribution < 1.29 is 4.79 Å². The zero-order valence-corrected chi connectivity index (χ0v) is 10.2. The van der Waals surface area contributed by atoms with Crippen molar-refractivity contribution in [3.8, 4) is 0 Å². The monoisotopic (exact) mass is 264 g/mol. The SMILES string of the molecule is NC(=S)c1ccc(NC(=O)c2cnns2)cc1. The van der Waals surface area contributed by atoms with Crippen LogP contribution in [0.2, 0.25) is 0 Å². The van der Waals surface area contributed by atoms with E-state index in [0.717, 1.165) is 17.1 Å². The van der Waals surface area contributed by atoms with E-state index in [9.17, 15) is 4.79 Å². The Kier molecular flexibility index (Phi) is 3.40. The first kappa shape index (κ1) is 11.6. The molecule has 17 heavy (non-hydrogen) atoms. The van der Waals surface area contributed by atoms with Crippen molar-refractivity contribution in [2.75, 3.05) is 5.32 Å². The van der Waals surface area contributed by atoms with Crippen LogP contribution in [0.15, 0.2) is 30.5 Å². The summed E-state index contributed by atoms with van der Waals surface area (Å²) >= 11 is 5.88. The molecule has 7 heteroatoms. The van der Waals surface area contributed by atoms with Gasteiger partial charge in [-0.3, -0.25) is 4.79 Å². The Morgan fingerprint density at radius 1 is 1.35 bits per heavy atom. The summed E-state index contributed by atoms with van der Waals surface area (Å²) in [6.07, 6.45) is 1.42. The summed E-state index contributed by atoms with van der Waals surface area (Å²) < 4.78 is 3.62. The number of nitrogens with one attached hydrogen (secondary N) is 1. The quantitative estimate of drug-likeness (QED) is 0.820. The van der Waals surface area contributed by atoms with Crippen LogP contribution in [-0.4, -0.2) is 20.5 Å². The number of thiocarbonyl (C=S) groups is 1. The highest BCUT2D eigenvalue weighted by molar-refractivity contribution is 7.80. The van der Waals surface area contributed by atoms with Crippen LogP contribution in [0.1, 0.15) is 15.2 Å². The van der Waals surface area contributed by atoms with Gasteiger partial charge >= 0.3 is 0 Å². The summed E-state index contributed by atoms with van der Waals surface area (Å²) in [6, 6.07) is 6.98. The minimum Gasteiger partial charge on any atom is -0.389 e. The molecule has 0 aliphatic carbocycles. The second kappa shape index (κ2) is 4.98. The second-order valence-electron chi connectivity index (χ2n) is 3.18. The van der Waals surface area contributed by atoms with Gasteiger partial charge in [-0.25, -0.2) is 0 Å². The van der Waals surface area contributed by atoms with Gasteiger partial charge in [-0.1, -0.05) is 16.7 Å². The van der Waals surface area contributed by atoms with Gasteiger partial charge in [0.25, 0.3) is 5.91 Å². The minimum atomic E-state index is -0.233. The van der Waals surface area contributed by atoms with E-state index >= 15 is 0 Å². The smallest absolute Gasteiger partial charge is 0.269 e. The number of anilines is 1. The van der Waals surface area contributed by atoms with Crippen molar-refractivity contribution in [2.24, 2.45) is 5.73 Å². The predicted octanol–water partition coefficient (Wildman–Crippen LogP) is 1.42. The maximum Gasteiger partial charge on any atom is 0.269 e. The van der Waals surface area contributed by atoms with Crippen LogP contribution in [0.25, 0.3) is 0 Å². The first-order chi connectivity index (χ1) is 8.16. The van der Waals surface area contributed by atoms with E-state index in [1.54, 1.807) is 24.3 Å². The average molecular weight is 264 g/mol. The van der Waals surface area contributed by atoms with E-state index in [1.807, 2.05) is 0 Å². The lowest BCUT2D eigenvalue weighted by Gasteiger charge is -2.04. The Morgan fingerprint density at radius 2 is 2.06 bits per heavy atom. The van der Waals surface area contributed by atoms with E-state index in [2.05, 4.69) is 14.9 Å². The molecule has 0 atom stereocenters. The molecule has 0 fully saturated rings. The van der Waals surface area contributed by atoms with Gasteiger partial charge in [0, 0.05) is 11.3 Å². The van der Waals surface area contributed by atoms with Crippen LogP contribution in [0.4, 0.5) is 5.69 Å². The fourth-order valence-corrected chi connectivity index (χ4v) is 1.72. The largest absolute Gasteiger partial charge is 0.389 e. The highest BCUT2D eigenvalue weighted by Gasteiger charge is 2.08. The first-order valence-corrected chi connectivity index (χ1v) is 5.83. The highest BCUT2D eigenvalue weighted by atomic mass is 32.1. The van der Waals surface area contributed by atoms with Crippen LogP contribution >= 0.6 is 23.8 Å². The molecule has 5 nitrogen and oxygen atoms in total. The molecule has 0 aliphatic rings. The topological polar surface area (TPSA) is 80.9 Å². The molecule has 1 amide bonds. The van der Waals surface area contributed by atoms with Crippen molar-refractivity contribution in [2.45, 2.75) is 0 Å². The predicted molar refractivity (Wildman–Crippen MR) is 70.2 cm³/mol. The van der Waals surface area contributed by atoms with Crippen LogP contribution in [0.5, 0.6) is 0 Å². The van der Waals surface area contributed by atoms with Gasteiger partial charge in [-0.2, -0.15) is 0 Å². The lowest BCUT2D eigenvalue weighted by atomic mass is 10.2. The summed E-state index contributed by atoms with van der Waals surface area (Å²) in [4.78, 5) is 12.5. The average Bonchev–Trinajstić information content (AvgIpc) is 2.83. The van der Waals surface area contributed by atoms with Crippen LogP contribution in [-0.2, 0) is 0 Å². The molecular weight excluding hydrogens is 256 g/mol. The van der Waals surface area contributed by atoms with Gasteiger partial charge in [0.15, 0.2) is 0 Å². The van der Waals surface area contributed by atoms with Crippen molar-refractivity contribution in [1.29, 1.82) is 0 Å². The number of benzene rings is 1. The molecule has 0 radical (unpaired) electrons. The molecule has 0 aliphatic heterocycles. The molecule has 1 aromatic carbocycles. The lowest BCUT2D eigenvalue weighted by molar-refractivity contribution is 0.103. The molecule has 1 aromatic heterocycles. The van der Waals surface area contributed by atoms with E-state index < -0.39 is 0 Å². The van der Waals surface area contributed by atoms with Crippen LogP contribution in [0, 0.1) is 0 Å². The molecular formula is C10H8N4OS2. The fraction of sp³-hybridized carbons (Fsp3) is 0. The Hall–Kier alpha value is -1.86. The van der Waals surface area contributed by atoms with Gasteiger partial charge in [-0.05, 0) is 35.8 Å². The van der Waals surface area contributed by atoms with Crippen molar-refractivity contribution >= 4 is 40.3 Å². The molecule has 1 heterocycles. The van der Waals surface area contributed by atoms with Gasteiger partial charge in [0.05, 0.1) is 6.20 Å². The van der Waals surface area contributed by atoms with E-state index in [1.165, 1.54) is 6.20 Å². The fourth-order valence-electron chi connectivity index (χ4n) is 1.18. The van der Waals surface area contributed by atoms with Gasteiger partial charge in [0.2, 0.25) is 0 Å². The number of carbonyl (C=O) groups is 1. The highest BCUT2D eigenvalue weighted by Crippen LogP contribution is 2.12. The maximum absolute atomic E-state index is 11.7. The zero-order chi connectivity index (χ0) is 12.3. The number of carbonyl (C=O) groups excluding carboxylic acids is 1. The number of hydrogen-bond acceptors (Lipinski definition) is 5. The van der Waals surface area contributed by atoms with Crippen molar-refractivity contribution in [3.05, 3.63) is 40.9 Å². The lowest BCUT2D eigenvalue weighted by Crippen LogP contribution is -2.11. The van der Waals surface area contributed by atoms with E-state index in [0.29, 0.717) is 15.6 Å². The van der Waals surface area contributed by atoms with E-state index in [-0.39, 0.29) is 5.91 Å². The Morgan fingerprint density at radius 3 is 2.59 bits per heavy atom. The number of rotatable bonds is 3. The summed E-state index contributed by atoms with van der Waals surface area (Å²) in [5.74, 6) is -0.233. The molecule has 2 aromatic rings. The van der Waals surface area contributed by atoms with Crippen LogP contribution in [0.3, 0.4) is 0 Å². The number of aromatic nitrogens is 2. The van der Waals surface area contributed by atoms with Gasteiger partial charge < -0.3 is 11.1 Å². The van der Waals surface area contributed by atoms with Crippen LogP contribution < -0.4 is 11.1 Å². The normalized spacial score (nSPS) is 9.88. The Labute approximate surface area is 107 Å². The third kappa shape index (κ3) is 2.83. The summed E-state index contributed by atoms with van der Waals surface area (Å²) in [5, 5.41) is 6.31. The number of amides is 1. The third-order valence-corrected chi connectivity index (χ3v) is 2.91. The molecule has 0 saturated heterocycles. The standard InChI is InChI=1S/C10H8N4OS2/c11-9(16)6-1-3-7(4-2-6)13-10(15)8-5-12-14-17-8/h1-5H,(H2,11,16)(H,13,15). The van der Waals surface area contributed by atoms with Crippen molar-refractivity contribution in [1.82, 2.24) is 9.59 Å². The molecule has 0 saturated carbocycles. The number of nitrogens with zero attached hydrogens (tertiary/aromatic N) is 2. The Bertz CT molecular complexity index is 536. The molecule has 2 rings (SSSR count). The summed E-state index contributed by atoms with van der Waals surface area (Å²) in [7, 11) is 0. The molecule has 3 N–H and O–H groups in total. The molecule has 86 valence electrons. The molecule has 0 unspecified atom stereocenters. The van der Waals surface area contributed by atoms with Gasteiger partial charge in [0.1, 0.15) is 9.87 Å². The zero-order valence-electron chi connectivity index (χ0n) is 8.58. The van der Waals surface area contributed by atoms with Gasteiger partial charge in [-0.15, -0.1) is 5.10 Å². The van der Waals surface area contributed by atoms with Crippen molar-refractivity contribution in [3.63, 3.8) is 0 Å². The molecule has 0 spiro atoms. The Balaban J connectivity index is 2.09.